The van der Waals surface area contributed by atoms with E-state index < -0.39 is 9.84 Å². The summed E-state index contributed by atoms with van der Waals surface area (Å²) in [7, 11) is -2.28. The van der Waals surface area contributed by atoms with Gasteiger partial charge in [-0.15, -0.1) is 11.8 Å². The molecule has 5 nitrogen and oxygen atoms in total. The molecule has 0 bridgehead atoms. The van der Waals surface area contributed by atoms with E-state index >= 15 is 0 Å². The van der Waals surface area contributed by atoms with Crippen molar-refractivity contribution in [2.45, 2.75) is 16.4 Å². The Morgan fingerprint density at radius 2 is 1.93 bits per heavy atom. The zero-order valence-electron chi connectivity index (χ0n) is 15.7. The summed E-state index contributed by atoms with van der Waals surface area (Å²) in [6, 6.07) is 18.9. The van der Waals surface area contributed by atoms with Crippen molar-refractivity contribution in [3.8, 4) is 11.8 Å². The van der Waals surface area contributed by atoms with Crippen LogP contribution in [-0.2, 0) is 21.3 Å². The lowest BCUT2D eigenvalue weighted by Gasteiger charge is -2.10. The normalized spacial score (nSPS) is 11.8. The number of nitrogens with zero attached hydrogens (tertiary/aromatic N) is 1. The molecule has 0 atom stereocenters. The van der Waals surface area contributed by atoms with Crippen molar-refractivity contribution in [2.75, 3.05) is 7.11 Å². The molecule has 7 heteroatoms. The van der Waals surface area contributed by atoms with E-state index in [0.717, 1.165) is 11.3 Å². The van der Waals surface area contributed by atoms with Gasteiger partial charge in [-0.2, -0.15) is 5.26 Å². The maximum atomic E-state index is 12.7. The van der Waals surface area contributed by atoms with Crippen molar-refractivity contribution >= 4 is 27.7 Å². The van der Waals surface area contributed by atoms with Gasteiger partial charge in [-0.1, -0.05) is 24.3 Å². The van der Waals surface area contributed by atoms with Crippen molar-refractivity contribution in [1.82, 2.24) is 0 Å². The minimum absolute atomic E-state index is 0.0931. The molecule has 0 saturated carbocycles. The number of nitriles is 1. The van der Waals surface area contributed by atoms with Gasteiger partial charge in [-0.25, -0.2) is 8.42 Å². The van der Waals surface area contributed by atoms with Crippen molar-refractivity contribution in [1.29, 1.82) is 5.26 Å². The number of sulfone groups is 1. The second kappa shape index (κ2) is 9.50. The molecule has 0 unspecified atom stereocenters. The highest BCUT2D eigenvalue weighted by Crippen LogP contribution is 2.28. The van der Waals surface area contributed by atoms with E-state index in [4.69, 9.17) is 9.15 Å². The fraction of sp³-hybridized carbons (Fsp3) is 0.136. The number of allylic oxidation sites excluding steroid dienone is 1. The molecule has 3 aromatic rings. The molecule has 0 amide bonds. The Morgan fingerprint density at radius 1 is 1.14 bits per heavy atom. The molecule has 0 radical (unpaired) electrons. The van der Waals surface area contributed by atoms with Gasteiger partial charge in [-0.05, 0) is 48.0 Å². The molecule has 0 fully saturated rings. The first kappa shape index (κ1) is 20.8. The average molecular weight is 426 g/mol. The smallest absolute Gasteiger partial charge is 0.216 e. The van der Waals surface area contributed by atoms with E-state index in [9.17, 15) is 13.7 Å². The van der Waals surface area contributed by atoms with Crippen LogP contribution in [0.25, 0.3) is 6.08 Å². The Morgan fingerprint density at radius 3 is 2.59 bits per heavy atom. The second-order valence-electron chi connectivity index (χ2n) is 6.08. The third kappa shape index (κ3) is 5.11. The fourth-order valence-corrected chi connectivity index (χ4v) is 4.80. The molecular formula is C22H19NO4S2. The fourth-order valence-electron chi connectivity index (χ4n) is 2.71. The molecule has 0 saturated heterocycles. The summed E-state index contributed by atoms with van der Waals surface area (Å²) >= 11 is 1.65. The number of rotatable bonds is 8. The predicted molar refractivity (Wildman–Crippen MR) is 114 cm³/mol. The molecule has 2 aromatic carbocycles. The Labute approximate surface area is 174 Å². The number of benzene rings is 2. The van der Waals surface area contributed by atoms with Crippen LogP contribution in [0, 0.1) is 11.3 Å². The molecule has 0 N–H and O–H groups in total. The predicted octanol–water partition coefficient (Wildman–Crippen LogP) is 5.06. The van der Waals surface area contributed by atoms with Gasteiger partial charge in [0.2, 0.25) is 9.84 Å². The SMILES string of the molecule is COc1ccc(/C=C(\C#N)S(=O)(=O)c2ccccc2)cc1CSCc1ccco1. The standard InChI is InChI=1S/C22H19NO4S2/c1-26-22-10-9-17(12-18(22)15-28-16-19-6-5-11-27-19)13-21(14-23)29(24,25)20-7-3-2-4-8-20/h2-13H,15-16H2,1H3/b21-13+. The molecule has 29 heavy (non-hydrogen) atoms. The number of ether oxygens (including phenoxy) is 1. The van der Waals surface area contributed by atoms with Gasteiger partial charge in [-0.3, -0.25) is 0 Å². The Balaban J connectivity index is 1.86. The highest BCUT2D eigenvalue weighted by molar-refractivity contribution is 7.97. The van der Waals surface area contributed by atoms with Gasteiger partial charge in [0.1, 0.15) is 22.5 Å². The number of furan rings is 1. The molecular weight excluding hydrogens is 406 g/mol. The largest absolute Gasteiger partial charge is 0.496 e. The minimum Gasteiger partial charge on any atom is -0.496 e. The molecule has 0 aliphatic rings. The summed E-state index contributed by atoms with van der Waals surface area (Å²) in [5, 5.41) is 9.46. The Hall–Kier alpha value is -2.95. The van der Waals surface area contributed by atoms with E-state index in [2.05, 4.69) is 0 Å². The lowest BCUT2D eigenvalue weighted by atomic mass is 10.1. The van der Waals surface area contributed by atoms with Crippen molar-refractivity contribution < 1.29 is 17.6 Å². The van der Waals surface area contributed by atoms with Gasteiger partial charge < -0.3 is 9.15 Å². The molecule has 0 spiro atoms. The Kier molecular flexibility index (Phi) is 6.81. The van der Waals surface area contributed by atoms with Crippen LogP contribution in [0.15, 0.2) is 81.1 Å². The zero-order valence-corrected chi connectivity index (χ0v) is 17.4. The topological polar surface area (TPSA) is 80.3 Å². The van der Waals surface area contributed by atoms with Gasteiger partial charge in [0.05, 0.1) is 24.0 Å². The van der Waals surface area contributed by atoms with Gasteiger partial charge in [0.15, 0.2) is 0 Å². The van der Waals surface area contributed by atoms with Crippen LogP contribution < -0.4 is 4.74 Å². The molecule has 148 valence electrons. The first-order valence-corrected chi connectivity index (χ1v) is 11.4. The van der Waals surface area contributed by atoms with Crippen molar-refractivity contribution in [3.05, 3.63) is 88.7 Å². The molecule has 3 rings (SSSR count). The highest BCUT2D eigenvalue weighted by Gasteiger charge is 2.20. The van der Waals surface area contributed by atoms with E-state index in [0.29, 0.717) is 22.8 Å². The first-order chi connectivity index (χ1) is 14.0. The first-order valence-electron chi connectivity index (χ1n) is 8.73. The minimum atomic E-state index is -3.87. The summed E-state index contributed by atoms with van der Waals surface area (Å²) in [5.41, 5.74) is 1.53. The van der Waals surface area contributed by atoms with Crippen LogP contribution in [-0.4, -0.2) is 15.5 Å². The molecule has 1 heterocycles. The molecule has 0 aliphatic carbocycles. The molecule has 0 aliphatic heterocycles. The van der Waals surface area contributed by atoms with Gasteiger partial charge in [0, 0.05) is 11.3 Å². The quantitative estimate of drug-likeness (QED) is 0.469. The number of thioether (sulfide) groups is 1. The summed E-state index contributed by atoms with van der Waals surface area (Å²) in [6.45, 7) is 0. The third-order valence-electron chi connectivity index (χ3n) is 4.14. The highest BCUT2D eigenvalue weighted by atomic mass is 32.2. The van der Waals surface area contributed by atoms with E-state index in [1.807, 2.05) is 24.3 Å². The third-order valence-corrected chi connectivity index (χ3v) is 6.82. The van der Waals surface area contributed by atoms with Gasteiger partial charge >= 0.3 is 0 Å². The maximum absolute atomic E-state index is 12.7. The maximum Gasteiger partial charge on any atom is 0.216 e. The lowest BCUT2D eigenvalue weighted by molar-refractivity contribution is 0.411. The van der Waals surface area contributed by atoms with Crippen LogP contribution in [0.1, 0.15) is 16.9 Å². The van der Waals surface area contributed by atoms with Crippen LogP contribution in [0.3, 0.4) is 0 Å². The number of hydrogen-bond acceptors (Lipinski definition) is 6. The summed E-state index contributed by atoms with van der Waals surface area (Å²) in [4.78, 5) is -0.210. The zero-order chi connectivity index (χ0) is 20.7. The summed E-state index contributed by atoms with van der Waals surface area (Å²) in [5.74, 6) is 2.95. The van der Waals surface area contributed by atoms with E-state index in [1.54, 1.807) is 55.5 Å². The second-order valence-corrected chi connectivity index (χ2v) is 8.98. The average Bonchev–Trinajstić information content (AvgIpc) is 3.26. The van der Waals surface area contributed by atoms with Crippen LogP contribution in [0.5, 0.6) is 5.75 Å². The van der Waals surface area contributed by atoms with E-state index in [1.165, 1.54) is 18.2 Å². The lowest BCUT2D eigenvalue weighted by Crippen LogP contribution is -2.03. The van der Waals surface area contributed by atoms with Crippen molar-refractivity contribution in [2.24, 2.45) is 0 Å². The van der Waals surface area contributed by atoms with Crippen LogP contribution >= 0.6 is 11.8 Å². The molecule has 1 aromatic heterocycles. The van der Waals surface area contributed by atoms with Crippen LogP contribution in [0.4, 0.5) is 0 Å². The number of hydrogen-bond donors (Lipinski definition) is 0. The number of methoxy groups -OCH3 is 1. The van der Waals surface area contributed by atoms with E-state index in [-0.39, 0.29) is 9.80 Å². The monoisotopic (exact) mass is 425 g/mol. The summed E-state index contributed by atoms with van der Waals surface area (Å²) in [6.07, 6.45) is 3.03. The Bertz CT molecular complexity index is 1130. The van der Waals surface area contributed by atoms with Gasteiger partial charge in [0.25, 0.3) is 0 Å². The van der Waals surface area contributed by atoms with Crippen molar-refractivity contribution in [3.63, 3.8) is 0 Å². The van der Waals surface area contributed by atoms with Crippen LogP contribution in [0.2, 0.25) is 0 Å². The summed E-state index contributed by atoms with van der Waals surface area (Å²) < 4.78 is 36.2.